The Morgan fingerprint density at radius 2 is 1.78 bits per heavy atom. The van der Waals surface area contributed by atoms with E-state index in [9.17, 15) is 19.5 Å². The molecule has 3 aliphatic rings. The number of anilines is 1. The van der Waals surface area contributed by atoms with Crippen molar-refractivity contribution in [2.24, 2.45) is 11.8 Å². The molecule has 3 aliphatic heterocycles. The number of carbonyl (C=O) groups excluding carboxylic acids is 3. The van der Waals surface area contributed by atoms with Gasteiger partial charge < -0.3 is 24.5 Å². The molecule has 3 saturated heterocycles. The van der Waals surface area contributed by atoms with Gasteiger partial charge in [-0.1, -0.05) is 58.4 Å². The number of rotatable bonds is 16. The van der Waals surface area contributed by atoms with Gasteiger partial charge in [0.05, 0.1) is 23.2 Å². The second kappa shape index (κ2) is 15.2. The molecule has 0 saturated carbocycles. The van der Waals surface area contributed by atoms with Crippen LogP contribution in [0, 0.1) is 11.8 Å². The lowest BCUT2D eigenvalue weighted by Gasteiger charge is -2.38. The number of fused-ring (bicyclic) bond motifs is 1. The van der Waals surface area contributed by atoms with Crippen LogP contribution in [0.1, 0.15) is 38.2 Å². The molecule has 0 radical (unpaired) electrons. The number of aliphatic hydroxyl groups is 1. The highest BCUT2D eigenvalue weighted by Crippen LogP contribution is 2.68. The van der Waals surface area contributed by atoms with Gasteiger partial charge in [0.25, 0.3) is 0 Å². The Morgan fingerprint density at radius 3 is 2.43 bits per heavy atom. The molecular formula is C36H44BrN3O5S. The first-order valence-corrected chi connectivity index (χ1v) is 17.9. The summed E-state index contributed by atoms with van der Waals surface area (Å²) in [5, 5.41) is 9.22. The first-order valence-electron chi connectivity index (χ1n) is 16.1. The number of amides is 3. The first kappa shape index (κ1) is 34.3. The molecule has 3 heterocycles. The van der Waals surface area contributed by atoms with Gasteiger partial charge >= 0.3 is 0 Å². The van der Waals surface area contributed by atoms with Crippen molar-refractivity contribution in [1.82, 2.24) is 9.80 Å². The summed E-state index contributed by atoms with van der Waals surface area (Å²) in [5.41, 5.74) is 1.70. The van der Waals surface area contributed by atoms with E-state index in [0.717, 1.165) is 17.7 Å². The number of likely N-dealkylation sites (tertiary alicyclic amines) is 1. The van der Waals surface area contributed by atoms with Crippen LogP contribution in [0.5, 0.6) is 5.75 Å². The average Bonchev–Trinajstić information content (AvgIpc) is 3.65. The number of unbranched alkanes of at least 4 members (excludes halogenated alkanes) is 2. The van der Waals surface area contributed by atoms with Crippen LogP contribution in [-0.4, -0.2) is 86.3 Å². The third kappa shape index (κ3) is 6.53. The van der Waals surface area contributed by atoms with E-state index in [1.54, 1.807) is 38.6 Å². The third-order valence-electron chi connectivity index (χ3n) is 9.28. The van der Waals surface area contributed by atoms with Crippen molar-refractivity contribution in [3.63, 3.8) is 0 Å². The number of alkyl halides is 1. The Morgan fingerprint density at radius 1 is 1.07 bits per heavy atom. The molecule has 1 N–H and O–H groups in total. The van der Waals surface area contributed by atoms with Gasteiger partial charge in [-0.25, -0.2) is 0 Å². The van der Waals surface area contributed by atoms with Crippen molar-refractivity contribution in [2.45, 2.75) is 60.0 Å². The zero-order valence-corrected chi connectivity index (χ0v) is 28.8. The van der Waals surface area contributed by atoms with E-state index >= 15 is 0 Å². The number of hydrogen-bond donors (Lipinski definition) is 1. The molecule has 246 valence electrons. The summed E-state index contributed by atoms with van der Waals surface area (Å²) in [7, 11) is 0. The van der Waals surface area contributed by atoms with Crippen molar-refractivity contribution in [1.29, 1.82) is 0 Å². The van der Waals surface area contributed by atoms with Crippen LogP contribution >= 0.6 is 27.7 Å². The summed E-state index contributed by atoms with van der Waals surface area (Å²) >= 11 is 5.54. The molecule has 3 unspecified atom stereocenters. The second-order valence-corrected chi connectivity index (χ2v) is 14.9. The van der Waals surface area contributed by atoms with Crippen molar-refractivity contribution < 1.29 is 24.2 Å². The minimum Gasteiger partial charge on any atom is -0.494 e. The van der Waals surface area contributed by atoms with Crippen LogP contribution in [-0.2, 0) is 20.9 Å². The second-order valence-electron chi connectivity index (χ2n) is 12.1. The maximum atomic E-state index is 14.7. The predicted octanol–water partition coefficient (Wildman–Crippen LogP) is 5.45. The highest BCUT2D eigenvalue weighted by Gasteiger charge is 2.76. The van der Waals surface area contributed by atoms with E-state index in [0.29, 0.717) is 57.7 Å². The van der Waals surface area contributed by atoms with Gasteiger partial charge in [-0.3, -0.25) is 14.4 Å². The fourth-order valence-electron chi connectivity index (χ4n) is 7.39. The summed E-state index contributed by atoms with van der Waals surface area (Å²) in [6.07, 6.45) is 6.07. The van der Waals surface area contributed by atoms with Gasteiger partial charge in [-0.05, 0) is 62.4 Å². The van der Waals surface area contributed by atoms with Gasteiger partial charge in [0.2, 0.25) is 17.7 Å². The van der Waals surface area contributed by atoms with E-state index in [4.69, 9.17) is 4.74 Å². The molecule has 2 aromatic carbocycles. The van der Waals surface area contributed by atoms with Crippen LogP contribution in [0.3, 0.4) is 0 Å². The SMILES string of the molecule is C=CCN(Cc1ccccc1)C(=O)C1N(CCCCCO)C(=O)[C@@H]2[C@H](C(=O)N(CC=C)c3ccc(OCC)cc3)[C@H]3SC12CC3Br. The maximum Gasteiger partial charge on any atom is 0.247 e. The zero-order chi connectivity index (χ0) is 32.8. The Bertz CT molecular complexity index is 1410. The summed E-state index contributed by atoms with van der Waals surface area (Å²) in [6.45, 7) is 11.8. The van der Waals surface area contributed by atoms with Gasteiger partial charge in [0.15, 0.2) is 0 Å². The molecular weight excluding hydrogens is 666 g/mol. The van der Waals surface area contributed by atoms with E-state index in [1.807, 2.05) is 61.5 Å². The minimum atomic E-state index is -0.751. The number of nitrogens with zero attached hydrogens (tertiary/aromatic N) is 3. The number of halogens is 1. The Balaban J connectivity index is 1.51. The molecule has 3 amide bonds. The fourth-order valence-corrected chi connectivity index (χ4v) is 11.0. The lowest BCUT2D eigenvalue weighted by Crippen LogP contribution is -2.55. The molecule has 2 bridgehead atoms. The maximum absolute atomic E-state index is 14.7. The third-order valence-corrected chi connectivity index (χ3v) is 12.5. The number of ether oxygens (including phenoxy) is 1. The summed E-state index contributed by atoms with van der Waals surface area (Å²) in [6, 6.07) is 16.5. The van der Waals surface area contributed by atoms with Crippen molar-refractivity contribution in [3.05, 3.63) is 85.5 Å². The van der Waals surface area contributed by atoms with Crippen LogP contribution < -0.4 is 9.64 Å². The van der Waals surface area contributed by atoms with Gasteiger partial charge in [0.1, 0.15) is 11.8 Å². The van der Waals surface area contributed by atoms with Crippen LogP contribution in [0.2, 0.25) is 0 Å². The number of carbonyl (C=O) groups is 3. The molecule has 1 spiro atoms. The standard InChI is InChI=1S/C36H44BrN3O5S/c1-4-19-38(24-25-13-9-7-10-14-25)35(44)32-36-23-28(37)31(46-36)29(30(36)34(43)40(32)21-11-8-12-22-41)33(42)39(20-5-2)26-15-17-27(18-16-26)45-6-3/h4-5,7,9-10,13-18,28-32,41H,1-2,6,8,11-12,19-24H2,3H3/t28?,29-,30-,31-,32?,36?/m0/s1. The molecule has 5 rings (SSSR count). The Kier molecular flexibility index (Phi) is 11.3. The van der Waals surface area contributed by atoms with Crippen LogP contribution in [0.15, 0.2) is 79.9 Å². The van der Waals surface area contributed by atoms with Crippen LogP contribution in [0.25, 0.3) is 0 Å². The van der Waals surface area contributed by atoms with Gasteiger partial charge in [-0.2, -0.15) is 0 Å². The Hall–Kier alpha value is -3.08. The molecule has 2 aromatic rings. The molecule has 3 fully saturated rings. The van der Waals surface area contributed by atoms with Gasteiger partial charge in [0, 0.05) is 48.6 Å². The van der Waals surface area contributed by atoms with Crippen molar-refractivity contribution >= 4 is 51.1 Å². The summed E-state index contributed by atoms with van der Waals surface area (Å²) < 4.78 is 4.86. The lowest BCUT2D eigenvalue weighted by atomic mass is 9.70. The molecule has 0 aromatic heterocycles. The largest absolute Gasteiger partial charge is 0.494 e. The topological polar surface area (TPSA) is 90.4 Å². The molecule has 46 heavy (non-hydrogen) atoms. The van der Waals surface area contributed by atoms with Crippen molar-refractivity contribution in [2.75, 3.05) is 37.7 Å². The van der Waals surface area contributed by atoms with E-state index in [-0.39, 0.29) is 34.4 Å². The molecule has 8 nitrogen and oxygen atoms in total. The molecule has 0 aliphatic carbocycles. The smallest absolute Gasteiger partial charge is 0.247 e. The lowest BCUT2D eigenvalue weighted by molar-refractivity contribution is -0.143. The minimum absolute atomic E-state index is 0.0342. The quantitative estimate of drug-likeness (QED) is 0.142. The summed E-state index contributed by atoms with van der Waals surface area (Å²) in [4.78, 5) is 49.2. The first-order chi connectivity index (χ1) is 22.3. The fraction of sp³-hybridized carbons (Fsp3) is 0.472. The predicted molar refractivity (Wildman–Crippen MR) is 187 cm³/mol. The zero-order valence-electron chi connectivity index (χ0n) is 26.4. The van der Waals surface area contributed by atoms with E-state index < -0.39 is 22.6 Å². The van der Waals surface area contributed by atoms with Crippen molar-refractivity contribution in [3.8, 4) is 5.75 Å². The van der Waals surface area contributed by atoms with Gasteiger partial charge in [-0.15, -0.1) is 24.9 Å². The molecule has 10 heteroatoms. The van der Waals surface area contributed by atoms with E-state index in [2.05, 4.69) is 29.1 Å². The highest BCUT2D eigenvalue weighted by molar-refractivity contribution is 9.09. The van der Waals surface area contributed by atoms with Crippen LogP contribution in [0.4, 0.5) is 5.69 Å². The molecule has 6 atom stereocenters. The number of benzene rings is 2. The summed E-state index contributed by atoms with van der Waals surface area (Å²) in [5.74, 6) is -0.895. The highest BCUT2D eigenvalue weighted by atomic mass is 79.9. The number of hydrogen-bond acceptors (Lipinski definition) is 6. The number of thioether (sulfide) groups is 1. The Labute approximate surface area is 285 Å². The number of aliphatic hydroxyl groups excluding tert-OH is 1. The van der Waals surface area contributed by atoms with E-state index in [1.165, 1.54) is 0 Å². The average molecular weight is 711 g/mol. The normalized spacial score (nSPS) is 26.1. The monoisotopic (exact) mass is 709 g/mol.